The van der Waals surface area contributed by atoms with Gasteiger partial charge in [0, 0.05) is 29.9 Å². The van der Waals surface area contributed by atoms with Crippen molar-refractivity contribution >= 4 is 5.91 Å². The summed E-state index contributed by atoms with van der Waals surface area (Å²) < 4.78 is 56.2. The zero-order valence-electron chi connectivity index (χ0n) is 19.0. The maximum Gasteiger partial charge on any atom is 0.419 e. The van der Waals surface area contributed by atoms with E-state index in [4.69, 9.17) is 0 Å². The number of aryl methyl sites for hydroxylation is 1. The van der Waals surface area contributed by atoms with Gasteiger partial charge in [0.25, 0.3) is 11.5 Å². The number of benzene rings is 1. The minimum absolute atomic E-state index is 0.209. The summed E-state index contributed by atoms with van der Waals surface area (Å²) in [5.41, 5.74) is -1.01. The van der Waals surface area contributed by atoms with Crippen LogP contribution in [0.4, 0.5) is 17.6 Å². The molecule has 9 nitrogen and oxygen atoms in total. The molecule has 0 bridgehead atoms. The molecule has 3 aromatic heterocycles. The Morgan fingerprint density at radius 2 is 1.92 bits per heavy atom. The summed E-state index contributed by atoms with van der Waals surface area (Å²) in [6.45, 7) is 3.78. The van der Waals surface area contributed by atoms with Crippen LogP contribution in [0, 0.1) is 5.82 Å². The number of alkyl halides is 3. The van der Waals surface area contributed by atoms with Gasteiger partial charge >= 0.3 is 6.18 Å². The van der Waals surface area contributed by atoms with Crippen molar-refractivity contribution < 1.29 is 22.4 Å². The van der Waals surface area contributed by atoms with E-state index in [1.165, 1.54) is 13.1 Å². The van der Waals surface area contributed by atoms with Crippen LogP contribution in [0.1, 0.15) is 41.5 Å². The average molecular weight is 501 g/mol. The summed E-state index contributed by atoms with van der Waals surface area (Å²) in [6.07, 6.45) is -0.408. The second kappa shape index (κ2) is 9.68. The molecule has 4 aromatic rings. The van der Waals surface area contributed by atoms with Gasteiger partial charge in [-0.25, -0.2) is 9.07 Å². The van der Waals surface area contributed by atoms with Crippen LogP contribution < -0.4 is 10.9 Å². The molecule has 0 saturated carbocycles. The van der Waals surface area contributed by atoms with Gasteiger partial charge in [0.15, 0.2) is 0 Å². The minimum atomic E-state index is -4.88. The lowest BCUT2D eigenvalue weighted by Gasteiger charge is -2.17. The highest BCUT2D eigenvalue weighted by Crippen LogP contribution is 2.33. The molecule has 0 spiro atoms. The second-order valence-electron chi connectivity index (χ2n) is 7.74. The highest BCUT2D eigenvalue weighted by molar-refractivity contribution is 5.92. The molecule has 1 amide bonds. The molecular formula is C23H19F4N7O2. The first-order valence-electron chi connectivity index (χ1n) is 10.7. The third-order valence-electron chi connectivity index (χ3n) is 5.36. The maximum absolute atomic E-state index is 14.5. The average Bonchev–Trinajstić information content (AvgIpc) is 3.32. The highest BCUT2D eigenvalue weighted by atomic mass is 19.4. The number of hydrogen-bond acceptors (Lipinski definition) is 6. The first kappa shape index (κ1) is 24.7. The third kappa shape index (κ3) is 4.85. The maximum atomic E-state index is 14.5. The van der Waals surface area contributed by atoms with E-state index in [0.29, 0.717) is 23.9 Å². The summed E-state index contributed by atoms with van der Waals surface area (Å²) in [5.74, 6) is -2.29. The van der Waals surface area contributed by atoms with Gasteiger partial charge < -0.3 is 5.32 Å². The lowest BCUT2D eigenvalue weighted by molar-refractivity contribution is -0.140. The minimum Gasteiger partial charge on any atom is -0.344 e. The number of nitrogens with one attached hydrogen (secondary N) is 1. The van der Waals surface area contributed by atoms with E-state index in [1.54, 1.807) is 23.1 Å². The quantitative estimate of drug-likeness (QED) is 0.405. The van der Waals surface area contributed by atoms with Gasteiger partial charge in [0.1, 0.15) is 11.5 Å². The van der Waals surface area contributed by atoms with Crippen LogP contribution in [0.15, 0.2) is 59.8 Å². The first-order chi connectivity index (χ1) is 17.1. The van der Waals surface area contributed by atoms with Crippen LogP contribution in [-0.2, 0) is 12.7 Å². The fraction of sp³-hybridized carbons (Fsp3) is 0.217. The van der Waals surface area contributed by atoms with E-state index >= 15 is 0 Å². The molecule has 0 unspecified atom stereocenters. The lowest BCUT2D eigenvalue weighted by atomic mass is 10.0. The van der Waals surface area contributed by atoms with Crippen molar-refractivity contribution in [1.82, 2.24) is 35.1 Å². The summed E-state index contributed by atoms with van der Waals surface area (Å²) in [4.78, 5) is 29.4. The Morgan fingerprint density at radius 1 is 1.14 bits per heavy atom. The first-order valence-corrected chi connectivity index (χ1v) is 10.7. The normalized spacial score (nSPS) is 12.4. The molecule has 1 N–H and O–H groups in total. The number of hydrogen-bond donors (Lipinski definition) is 1. The Hall–Kier alpha value is -4.42. The van der Waals surface area contributed by atoms with Gasteiger partial charge in [-0.2, -0.15) is 23.0 Å². The SMILES string of the molecule is CCn1nncc1-c1cncc(-n2nc(C(=O)N[C@H](C)c3cccc(C(F)(F)F)c3F)ccc2=O)c1. The molecular weight excluding hydrogens is 482 g/mol. The van der Waals surface area contributed by atoms with Crippen molar-refractivity contribution in [2.75, 3.05) is 0 Å². The Labute approximate surface area is 201 Å². The number of halogens is 4. The molecule has 1 atom stereocenters. The molecule has 4 rings (SSSR count). The van der Waals surface area contributed by atoms with E-state index in [1.807, 2.05) is 6.92 Å². The van der Waals surface area contributed by atoms with E-state index in [0.717, 1.165) is 28.9 Å². The van der Waals surface area contributed by atoms with E-state index in [-0.39, 0.29) is 16.9 Å². The predicted molar refractivity (Wildman–Crippen MR) is 120 cm³/mol. The highest BCUT2D eigenvalue weighted by Gasteiger charge is 2.35. The number of carbonyl (C=O) groups excluding carboxylic acids is 1. The van der Waals surface area contributed by atoms with Crippen molar-refractivity contribution in [3.05, 3.63) is 88.0 Å². The predicted octanol–water partition coefficient (Wildman–Crippen LogP) is 3.55. The molecule has 0 fully saturated rings. The van der Waals surface area contributed by atoms with Crippen molar-refractivity contribution in [1.29, 1.82) is 0 Å². The van der Waals surface area contributed by atoms with E-state index in [2.05, 4.69) is 25.7 Å². The third-order valence-corrected chi connectivity index (χ3v) is 5.36. The van der Waals surface area contributed by atoms with Crippen molar-refractivity contribution in [3.63, 3.8) is 0 Å². The molecule has 0 aliphatic rings. The summed E-state index contributed by atoms with van der Waals surface area (Å²) >= 11 is 0. The molecule has 186 valence electrons. The van der Waals surface area contributed by atoms with Gasteiger partial charge in [-0.1, -0.05) is 17.3 Å². The van der Waals surface area contributed by atoms with Crippen LogP contribution in [-0.4, -0.2) is 35.7 Å². The standard InChI is InChI=1S/C23H19F4N7O2/c1-3-33-19(12-29-32-33)14-9-15(11-28-10-14)34-20(35)8-7-18(31-34)22(36)30-13(2)16-5-4-6-17(21(16)24)23(25,26)27/h4-13H,3H2,1-2H3,(H,30,36)/t13-/m1/s1. The zero-order valence-corrected chi connectivity index (χ0v) is 19.0. The Morgan fingerprint density at radius 3 is 2.64 bits per heavy atom. The topological polar surface area (TPSA) is 108 Å². The van der Waals surface area contributed by atoms with Crippen LogP contribution in [0.25, 0.3) is 16.9 Å². The molecule has 36 heavy (non-hydrogen) atoms. The molecule has 1 aromatic carbocycles. The van der Waals surface area contributed by atoms with E-state index < -0.39 is 35.1 Å². The molecule has 3 heterocycles. The molecule has 13 heteroatoms. The number of amides is 1. The van der Waals surface area contributed by atoms with E-state index in [9.17, 15) is 27.2 Å². The van der Waals surface area contributed by atoms with Crippen molar-refractivity contribution in [2.45, 2.75) is 32.6 Å². The van der Waals surface area contributed by atoms with Crippen LogP contribution in [0.3, 0.4) is 0 Å². The Balaban J connectivity index is 1.62. The molecule has 0 saturated heterocycles. The fourth-order valence-electron chi connectivity index (χ4n) is 3.57. The molecule has 0 aliphatic carbocycles. The van der Waals surface area contributed by atoms with Gasteiger partial charge in [-0.15, -0.1) is 5.10 Å². The Kier molecular flexibility index (Phi) is 6.64. The summed E-state index contributed by atoms with van der Waals surface area (Å²) in [7, 11) is 0. The van der Waals surface area contributed by atoms with Crippen LogP contribution in [0.2, 0.25) is 0 Å². The monoisotopic (exact) mass is 501 g/mol. The Bertz CT molecular complexity index is 1480. The summed E-state index contributed by atoms with van der Waals surface area (Å²) in [5, 5.41) is 14.3. The van der Waals surface area contributed by atoms with Crippen molar-refractivity contribution in [2.24, 2.45) is 0 Å². The number of aromatic nitrogens is 6. The van der Waals surface area contributed by atoms with Crippen molar-refractivity contribution in [3.8, 4) is 16.9 Å². The summed E-state index contributed by atoms with van der Waals surface area (Å²) in [6, 6.07) is 5.61. The largest absolute Gasteiger partial charge is 0.419 e. The van der Waals surface area contributed by atoms with Gasteiger partial charge in [0.2, 0.25) is 0 Å². The van der Waals surface area contributed by atoms with Gasteiger partial charge in [-0.3, -0.25) is 14.6 Å². The van der Waals surface area contributed by atoms with Crippen LogP contribution in [0.5, 0.6) is 0 Å². The lowest BCUT2D eigenvalue weighted by Crippen LogP contribution is -2.31. The number of pyridine rings is 1. The van der Waals surface area contributed by atoms with Gasteiger partial charge in [0.05, 0.1) is 35.4 Å². The van der Waals surface area contributed by atoms with Gasteiger partial charge in [-0.05, 0) is 32.0 Å². The number of carbonyl (C=O) groups is 1. The second-order valence-corrected chi connectivity index (χ2v) is 7.74. The number of nitrogens with zero attached hydrogens (tertiary/aromatic N) is 6. The molecule has 0 aliphatic heterocycles. The van der Waals surface area contributed by atoms with Crippen LogP contribution >= 0.6 is 0 Å². The smallest absolute Gasteiger partial charge is 0.344 e. The number of rotatable bonds is 6. The fourth-order valence-corrected chi connectivity index (χ4v) is 3.57. The molecule has 0 radical (unpaired) electrons. The zero-order chi connectivity index (χ0) is 26.0.